The van der Waals surface area contributed by atoms with Crippen molar-refractivity contribution in [1.82, 2.24) is 0 Å². The molecule has 2 aromatic rings. The van der Waals surface area contributed by atoms with Crippen LogP contribution in [0.15, 0.2) is 34.8 Å². The molecule has 0 saturated carbocycles. The summed E-state index contributed by atoms with van der Waals surface area (Å²) >= 11 is 5.80. The van der Waals surface area contributed by atoms with Gasteiger partial charge in [-0.15, -0.1) is 0 Å². The van der Waals surface area contributed by atoms with Crippen LogP contribution in [0.1, 0.15) is 10.4 Å². The van der Waals surface area contributed by atoms with Crippen LogP contribution < -0.4 is 0 Å². The highest BCUT2D eigenvalue weighted by Gasteiger charge is 2.08. The molecule has 0 bridgehead atoms. The summed E-state index contributed by atoms with van der Waals surface area (Å²) in [6.07, 6.45) is 0. The van der Waals surface area contributed by atoms with E-state index in [0.29, 0.717) is 5.56 Å². The maximum absolute atomic E-state index is 11.4. The van der Waals surface area contributed by atoms with E-state index in [4.69, 9.17) is 0 Å². The number of carbonyl (C=O) groups is 1. The van der Waals surface area contributed by atoms with Crippen LogP contribution in [0.2, 0.25) is 0 Å². The molecule has 82 valence electrons. The molecule has 2 nitrogen and oxygen atoms in total. The lowest BCUT2D eigenvalue weighted by atomic mass is 10.1. The first-order valence-corrected chi connectivity index (χ1v) is 6.46. The van der Waals surface area contributed by atoms with Crippen molar-refractivity contribution in [1.29, 1.82) is 0 Å². The molecule has 0 amide bonds. The number of hydrogen-bond acceptors (Lipinski definition) is 2. The third-order valence-electron chi connectivity index (χ3n) is 2.33. The largest absolute Gasteiger partial charge is 0.465 e. The first-order chi connectivity index (χ1) is 7.63. The Morgan fingerprint density at radius 2 is 2.06 bits per heavy atom. The fourth-order valence-electron chi connectivity index (χ4n) is 1.51. The number of rotatable bonds is 1. The van der Waals surface area contributed by atoms with Crippen molar-refractivity contribution in [3.63, 3.8) is 0 Å². The first-order valence-electron chi connectivity index (χ1n) is 4.59. The van der Waals surface area contributed by atoms with Crippen molar-refractivity contribution < 1.29 is 9.53 Å². The topological polar surface area (TPSA) is 26.3 Å². The second-order valence-electron chi connectivity index (χ2n) is 3.29. The second-order valence-corrected chi connectivity index (χ2v) is 5.24. The van der Waals surface area contributed by atoms with Gasteiger partial charge in [-0.05, 0) is 67.5 Å². The van der Waals surface area contributed by atoms with Crippen molar-refractivity contribution in [2.45, 2.75) is 0 Å². The minimum Gasteiger partial charge on any atom is -0.465 e. The molecule has 0 aliphatic rings. The van der Waals surface area contributed by atoms with Crippen LogP contribution >= 0.6 is 38.5 Å². The summed E-state index contributed by atoms with van der Waals surface area (Å²) in [5.41, 5.74) is 0.572. The quantitative estimate of drug-likeness (QED) is 0.543. The summed E-state index contributed by atoms with van der Waals surface area (Å²) in [6.45, 7) is 0. The van der Waals surface area contributed by atoms with Crippen LogP contribution in [0.5, 0.6) is 0 Å². The fourth-order valence-corrected chi connectivity index (χ4v) is 2.47. The summed E-state index contributed by atoms with van der Waals surface area (Å²) in [5.74, 6) is -0.309. The van der Waals surface area contributed by atoms with Crippen molar-refractivity contribution in [3.8, 4) is 0 Å². The third-order valence-corrected chi connectivity index (χ3v) is 4.82. The van der Waals surface area contributed by atoms with Crippen LogP contribution in [0.25, 0.3) is 10.8 Å². The van der Waals surface area contributed by atoms with Gasteiger partial charge < -0.3 is 4.74 Å². The van der Waals surface area contributed by atoms with E-state index < -0.39 is 0 Å². The number of hydrogen-bond donors (Lipinski definition) is 0. The molecule has 0 aliphatic carbocycles. The molecular formula is C12H8BrIO2. The minimum absolute atomic E-state index is 0.309. The average Bonchev–Trinajstić information content (AvgIpc) is 2.32. The molecule has 0 aliphatic heterocycles. The number of methoxy groups -OCH3 is 1. The molecule has 0 saturated heterocycles. The first kappa shape index (κ1) is 11.9. The van der Waals surface area contributed by atoms with Gasteiger partial charge in [0.05, 0.1) is 12.7 Å². The molecule has 2 aromatic carbocycles. The lowest BCUT2D eigenvalue weighted by Gasteiger charge is -2.05. The molecule has 0 radical (unpaired) electrons. The lowest BCUT2D eigenvalue weighted by molar-refractivity contribution is 0.0601. The Morgan fingerprint density at radius 3 is 2.75 bits per heavy atom. The smallest absolute Gasteiger partial charge is 0.337 e. The van der Waals surface area contributed by atoms with E-state index in [1.807, 2.05) is 24.3 Å². The van der Waals surface area contributed by atoms with E-state index in [2.05, 4.69) is 43.3 Å². The zero-order chi connectivity index (χ0) is 11.7. The van der Waals surface area contributed by atoms with E-state index in [1.165, 1.54) is 7.11 Å². The summed E-state index contributed by atoms with van der Waals surface area (Å²) in [4.78, 5) is 11.4. The van der Waals surface area contributed by atoms with E-state index in [9.17, 15) is 4.79 Å². The summed E-state index contributed by atoms with van der Waals surface area (Å²) in [5, 5.41) is 2.12. The molecule has 0 aromatic heterocycles. The van der Waals surface area contributed by atoms with Crippen molar-refractivity contribution in [3.05, 3.63) is 43.9 Å². The van der Waals surface area contributed by atoms with Crippen molar-refractivity contribution in [2.75, 3.05) is 7.11 Å². The summed E-state index contributed by atoms with van der Waals surface area (Å²) in [7, 11) is 1.39. The molecule has 0 atom stereocenters. The van der Waals surface area contributed by atoms with Gasteiger partial charge in [-0.2, -0.15) is 0 Å². The van der Waals surface area contributed by atoms with Gasteiger partial charge in [-0.25, -0.2) is 4.79 Å². The van der Waals surface area contributed by atoms with Crippen LogP contribution in [-0.4, -0.2) is 13.1 Å². The Balaban J connectivity index is 2.65. The molecular weight excluding hydrogens is 383 g/mol. The molecule has 0 spiro atoms. The number of benzene rings is 2. The van der Waals surface area contributed by atoms with E-state index in [-0.39, 0.29) is 5.97 Å². The van der Waals surface area contributed by atoms with Crippen LogP contribution in [-0.2, 0) is 4.74 Å². The molecule has 16 heavy (non-hydrogen) atoms. The fraction of sp³-hybridized carbons (Fsp3) is 0.0833. The van der Waals surface area contributed by atoms with Crippen LogP contribution in [0.3, 0.4) is 0 Å². The molecule has 4 heteroatoms. The van der Waals surface area contributed by atoms with Gasteiger partial charge in [0, 0.05) is 8.04 Å². The van der Waals surface area contributed by atoms with Crippen molar-refractivity contribution >= 4 is 55.3 Å². The maximum Gasteiger partial charge on any atom is 0.337 e. The Labute approximate surface area is 115 Å². The number of esters is 1. The normalized spacial score (nSPS) is 10.4. The minimum atomic E-state index is -0.309. The Kier molecular flexibility index (Phi) is 3.49. The number of fused-ring (bicyclic) bond motifs is 1. The van der Waals surface area contributed by atoms with Gasteiger partial charge >= 0.3 is 5.97 Å². The van der Waals surface area contributed by atoms with E-state index in [1.54, 1.807) is 6.07 Å². The van der Waals surface area contributed by atoms with Gasteiger partial charge in [0.25, 0.3) is 0 Å². The highest BCUT2D eigenvalue weighted by atomic mass is 127. The monoisotopic (exact) mass is 390 g/mol. The number of ether oxygens (including phenoxy) is 1. The Hall–Kier alpha value is -0.620. The number of carbonyl (C=O) groups excluding carboxylic acids is 1. The highest BCUT2D eigenvalue weighted by Crippen LogP contribution is 2.29. The molecule has 0 N–H and O–H groups in total. The molecule has 2 rings (SSSR count). The molecule has 0 fully saturated rings. The van der Waals surface area contributed by atoms with Gasteiger partial charge in [-0.3, -0.25) is 0 Å². The average molecular weight is 391 g/mol. The van der Waals surface area contributed by atoms with Crippen LogP contribution in [0.4, 0.5) is 0 Å². The SMILES string of the molecule is COC(=O)c1ccc2c(Br)c(I)ccc2c1. The van der Waals surface area contributed by atoms with E-state index >= 15 is 0 Å². The predicted molar refractivity (Wildman–Crippen MR) is 75.7 cm³/mol. The Bertz CT molecular complexity index is 566. The summed E-state index contributed by atoms with van der Waals surface area (Å²) in [6, 6.07) is 9.53. The van der Waals surface area contributed by atoms with Crippen molar-refractivity contribution in [2.24, 2.45) is 0 Å². The van der Waals surface area contributed by atoms with Gasteiger partial charge in [0.2, 0.25) is 0 Å². The van der Waals surface area contributed by atoms with E-state index in [0.717, 1.165) is 18.8 Å². The second kappa shape index (κ2) is 4.71. The highest BCUT2D eigenvalue weighted by molar-refractivity contribution is 14.1. The lowest BCUT2D eigenvalue weighted by Crippen LogP contribution is -2.00. The standard InChI is InChI=1S/C12H8BrIO2/c1-16-12(15)8-2-4-9-7(6-8)3-5-10(14)11(9)13/h2-6H,1H3. The van der Waals surface area contributed by atoms with Crippen LogP contribution in [0, 0.1) is 3.57 Å². The Morgan fingerprint density at radius 1 is 1.31 bits per heavy atom. The maximum atomic E-state index is 11.4. The third kappa shape index (κ3) is 2.08. The predicted octanol–water partition coefficient (Wildman–Crippen LogP) is 3.99. The van der Waals surface area contributed by atoms with Gasteiger partial charge in [-0.1, -0.05) is 12.1 Å². The number of halogens is 2. The summed E-state index contributed by atoms with van der Waals surface area (Å²) < 4.78 is 6.89. The zero-order valence-electron chi connectivity index (χ0n) is 8.46. The van der Waals surface area contributed by atoms with Gasteiger partial charge in [0.1, 0.15) is 0 Å². The molecule has 0 unspecified atom stereocenters. The zero-order valence-corrected chi connectivity index (χ0v) is 12.2. The molecule has 0 heterocycles. The van der Waals surface area contributed by atoms with Gasteiger partial charge in [0.15, 0.2) is 0 Å².